The van der Waals surface area contributed by atoms with Gasteiger partial charge in [-0.2, -0.15) is 0 Å². The van der Waals surface area contributed by atoms with Gasteiger partial charge in [-0.15, -0.1) is 0 Å². The van der Waals surface area contributed by atoms with Crippen LogP contribution >= 0.6 is 15.9 Å². The van der Waals surface area contributed by atoms with Gasteiger partial charge >= 0.3 is 0 Å². The zero-order chi connectivity index (χ0) is 13.1. The van der Waals surface area contributed by atoms with Crippen LogP contribution in [0.1, 0.15) is 26.3 Å². The maximum atomic E-state index is 13.4. The first kappa shape index (κ1) is 14.7. The third-order valence-corrected chi connectivity index (χ3v) is 4.18. The highest BCUT2D eigenvalue weighted by Gasteiger charge is 2.25. The molecule has 17 heavy (non-hydrogen) atoms. The molecule has 0 fully saturated rings. The minimum atomic E-state index is -1.29. The highest BCUT2D eigenvalue weighted by Crippen LogP contribution is 2.20. The fourth-order valence-corrected chi connectivity index (χ4v) is 2.11. The highest BCUT2D eigenvalue weighted by molar-refractivity contribution is 9.10. The van der Waals surface area contributed by atoms with Gasteiger partial charge in [-0.25, -0.2) is 4.39 Å². The summed E-state index contributed by atoms with van der Waals surface area (Å²) in [5, 5.41) is 0. The molecule has 1 aromatic rings. The predicted octanol–water partition coefficient (Wildman–Crippen LogP) is 3.66. The first-order valence-corrected chi connectivity index (χ1v) is 7.10. The van der Waals surface area contributed by atoms with E-state index in [2.05, 4.69) is 20.3 Å². The molecule has 0 aliphatic carbocycles. The smallest absolute Gasteiger partial charge is 0.144 e. The SMILES string of the molecule is CC(C)(C)[S@@+]([O-])/N=C/Cc1c(F)cccc1Br. The largest absolute Gasteiger partial charge is 0.591 e. The van der Waals surface area contributed by atoms with Crippen molar-refractivity contribution in [3.8, 4) is 0 Å². The topological polar surface area (TPSA) is 35.4 Å². The maximum absolute atomic E-state index is 13.4. The molecule has 1 atom stereocenters. The second kappa shape index (κ2) is 5.98. The molecule has 0 aliphatic rings. The van der Waals surface area contributed by atoms with Crippen LogP contribution in [0.5, 0.6) is 0 Å². The summed E-state index contributed by atoms with van der Waals surface area (Å²) in [6, 6.07) is 4.80. The molecule has 1 rings (SSSR count). The number of rotatable bonds is 3. The van der Waals surface area contributed by atoms with Gasteiger partial charge in [0.25, 0.3) is 0 Å². The van der Waals surface area contributed by atoms with Gasteiger partial charge in [0.05, 0.1) is 6.21 Å². The van der Waals surface area contributed by atoms with E-state index in [1.54, 1.807) is 12.1 Å². The van der Waals surface area contributed by atoms with Crippen LogP contribution in [-0.2, 0) is 17.8 Å². The first-order chi connectivity index (χ1) is 7.82. The number of hydrogen-bond donors (Lipinski definition) is 0. The van der Waals surface area contributed by atoms with Crippen LogP contribution in [0.3, 0.4) is 0 Å². The Balaban J connectivity index is 2.71. The molecule has 0 aromatic heterocycles. The average Bonchev–Trinajstić information content (AvgIpc) is 2.20. The van der Waals surface area contributed by atoms with Crippen LogP contribution in [0.2, 0.25) is 0 Å². The Kier molecular flexibility index (Phi) is 5.16. The molecule has 0 aliphatic heterocycles. The lowest BCUT2D eigenvalue weighted by molar-refractivity contribution is 0.561. The molecule has 0 amide bonds. The van der Waals surface area contributed by atoms with Gasteiger partial charge in [-0.05, 0) is 32.9 Å². The van der Waals surface area contributed by atoms with Gasteiger partial charge in [-0.3, -0.25) is 0 Å². The van der Waals surface area contributed by atoms with E-state index in [1.807, 2.05) is 20.8 Å². The Bertz CT molecular complexity index is 397. The van der Waals surface area contributed by atoms with Crippen molar-refractivity contribution in [1.29, 1.82) is 0 Å². The Labute approximate surface area is 113 Å². The van der Waals surface area contributed by atoms with Crippen LogP contribution in [0.4, 0.5) is 4.39 Å². The molecule has 5 heteroatoms. The van der Waals surface area contributed by atoms with Crippen molar-refractivity contribution in [1.82, 2.24) is 0 Å². The first-order valence-electron chi connectivity index (χ1n) is 5.20. The summed E-state index contributed by atoms with van der Waals surface area (Å²) in [4.78, 5) is 0. The van der Waals surface area contributed by atoms with Crippen molar-refractivity contribution < 1.29 is 8.94 Å². The van der Waals surface area contributed by atoms with E-state index in [0.29, 0.717) is 16.5 Å². The summed E-state index contributed by atoms with van der Waals surface area (Å²) < 4.78 is 29.3. The molecule has 0 saturated carbocycles. The van der Waals surface area contributed by atoms with E-state index in [-0.39, 0.29) is 10.6 Å². The minimum Gasteiger partial charge on any atom is -0.591 e. The number of halogens is 2. The molecule has 0 heterocycles. The fourth-order valence-electron chi connectivity index (χ4n) is 1.08. The fraction of sp³-hybridized carbons (Fsp3) is 0.417. The summed E-state index contributed by atoms with van der Waals surface area (Å²) >= 11 is 1.98. The van der Waals surface area contributed by atoms with E-state index in [9.17, 15) is 8.94 Å². The van der Waals surface area contributed by atoms with Crippen molar-refractivity contribution in [3.63, 3.8) is 0 Å². The lowest BCUT2D eigenvalue weighted by Gasteiger charge is -2.17. The van der Waals surface area contributed by atoms with E-state index in [0.717, 1.165) is 0 Å². The molecule has 0 N–H and O–H groups in total. The zero-order valence-corrected chi connectivity index (χ0v) is 12.4. The summed E-state index contributed by atoms with van der Waals surface area (Å²) in [6.07, 6.45) is 1.83. The third-order valence-electron chi connectivity index (χ3n) is 2.05. The third kappa shape index (κ3) is 4.41. The quantitative estimate of drug-likeness (QED) is 0.618. The summed E-state index contributed by atoms with van der Waals surface area (Å²) in [5.74, 6) is -0.285. The van der Waals surface area contributed by atoms with Crippen molar-refractivity contribution in [2.45, 2.75) is 31.9 Å². The van der Waals surface area contributed by atoms with Crippen LogP contribution in [0.25, 0.3) is 0 Å². The molecule has 0 unspecified atom stereocenters. The van der Waals surface area contributed by atoms with Gasteiger partial charge < -0.3 is 4.55 Å². The Morgan fingerprint density at radius 1 is 1.47 bits per heavy atom. The van der Waals surface area contributed by atoms with Gasteiger partial charge in [-0.1, -0.05) is 26.4 Å². The number of hydrogen-bond acceptors (Lipinski definition) is 2. The van der Waals surface area contributed by atoms with E-state index in [4.69, 9.17) is 0 Å². The van der Waals surface area contributed by atoms with Gasteiger partial charge in [0.15, 0.2) is 0 Å². The second-order valence-corrected chi connectivity index (χ2v) is 7.34. The van der Waals surface area contributed by atoms with E-state index >= 15 is 0 Å². The lowest BCUT2D eigenvalue weighted by atomic mass is 10.1. The van der Waals surface area contributed by atoms with Crippen LogP contribution in [0.15, 0.2) is 27.1 Å². The van der Waals surface area contributed by atoms with E-state index < -0.39 is 11.4 Å². The van der Waals surface area contributed by atoms with E-state index in [1.165, 1.54) is 12.3 Å². The Hall–Kier alpha value is -0.390. The monoisotopic (exact) mass is 319 g/mol. The normalized spacial score (nSPS) is 14.2. The molecule has 0 bridgehead atoms. The standard InChI is InChI=1S/C12H15BrFNOS/c1-12(2,3)17(16)15-8-7-9-10(13)5-4-6-11(9)14/h4-6,8H,7H2,1-3H3/b15-8+/t17-/m1/s1. The molecule has 1 aromatic carbocycles. The number of benzene rings is 1. The summed E-state index contributed by atoms with van der Waals surface area (Å²) in [7, 11) is 0. The van der Waals surface area contributed by atoms with Crippen molar-refractivity contribution in [2.24, 2.45) is 4.40 Å². The average molecular weight is 320 g/mol. The molecule has 0 radical (unpaired) electrons. The maximum Gasteiger partial charge on any atom is 0.144 e. The molecular formula is C12H15BrFNOS. The molecule has 0 saturated heterocycles. The van der Waals surface area contributed by atoms with Crippen LogP contribution in [-0.4, -0.2) is 15.5 Å². The minimum absolute atomic E-state index is 0.285. The number of nitrogens with zero attached hydrogens (tertiary/aromatic N) is 1. The highest BCUT2D eigenvalue weighted by atomic mass is 79.9. The van der Waals surface area contributed by atoms with Crippen molar-refractivity contribution in [3.05, 3.63) is 34.1 Å². The van der Waals surface area contributed by atoms with Crippen molar-refractivity contribution in [2.75, 3.05) is 0 Å². The molecular weight excluding hydrogens is 305 g/mol. The van der Waals surface area contributed by atoms with Crippen molar-refractivity contribution >= 4 is 33.5 Å². The predicted molar refractivity (Wildman–Crippen MR) is 74.2 cm³/mol. The Morgan fingerprint density at radius 2 is 2.12 bits per heavy atom. The second-order valence-electron chi connectivity index (χ2n) is 4.55. The summed E-state index contributed by atoms with van der Waals surface area (Å²) in [6.45, 7) is 5.54. The van der Waals surface area contributed by atoms with Gasteiger partial charge in [0.2, 0.25) is 0 Å². The molecule has 94 valence electrons. The van der Waals surface area contributed by atoms with Crippen LogP contribution < -0.4 is 0 Å². The van der Waals surface area contributed by atoms with Crippen LogP contribution in [0, 0.1) is 5.82 Å². The lowest BCUT2D eigenvalue weighted by Crippen LogP contribution is -2.25. The Morgan fingerprint density at radius 3 is 2.65 bits per heavy atom. The molecule has 2 nitrogen and oxygen atoms in total. The summed E-state index contributed by atoms with van der Waals surface area (Å²) in [5.41, 5.74) is 0.530. The zero-order valence-electron chi connectivity index (χ0n) is 10.0. The van der Waals surface area contributed by atoms with Gasteiger partial charge in [0.1, 0.15) is 21.9 Å². The van der Waals surface area contributed by atoms with Gasteiger partial charge in [0, 0.05) is 16.5 Å². The molecule has 0 spiro atoms.